The maximum absolute atomic E-state index is 13.7. The number of rotatable bonds is 6. The molecule has 0 saturated heterocycles. The van der Waals surface area contributed by atoms with Crippen LogP contribution in [-0.4, -0.2) is 43.3 Å². The van der Waals surface area contributed by atoms with Gasteiger partial charge in [0.2, 0.25) is 5.91 Å². The molecule has 0 atom stereocenters. The molecule has 2 aromatic carbocycles. The number of hydrogen-bond acceptors (Lipinski definition) is 6. The van der Waals surface area contributed by atoms with E-state index in [9.17, 15) is 22.8 Å². The normalized spacial score (nSPS) is 11.3. The lowest BCUT2D eigenvalue weighted by Crippen LogP contribution is -2.18. The molecule has 0 unspecified atom stereocenters. The molecule has 0 spiro atoms. The monoisotopic (exact) mass is 484 g/mol. The number of amides is 1. The Morgan fingerprint density at radius 2 is 1.80 bits per heavy atom. The third kappa shape index (κ3) is 4.90. The molecule has 4 aromatic rings. The summed E-state index contributed by atoms with van der Waals surface area (Å²) in [4.78, 5) is 23.5. The Labute approximate surface area is 197 Å². The van der Waals surface area contributed by atoms with Gasteiger partial charge in [-0.3, -0.25) is 4.79 Å². The summed E-state index contributed by atoms with van der Waals surface area (Å²) < 4.78 is 48.1. The van der Waals surface area contributed by atoms with Crippen LogP contribution in [0, 0.1) is 0 Å². The lowest BCUT2D eigenvalue weighted by Gasteiger charge is -2.12. The lowest BCUT2D eigenvalue weighted by molar-refractivity contribution is -0.143. The smallest absolute Gasteiger partial charge is 0.434 e. The predicted octanol–water partition coefficient (Wildman–Crippen LogP) is 4.27. The Morgan fingerprint density at radius 3 is 2.46 bits per heavy atom. The Balaban J connectivity index is 1.65. The molecule has 0 radical (unpaired) electrons. The van der Waals surface area contributed by atoms with Gasteiger partial charge in [-0.05, 0) is 31.2 Å². The van der Waals surface area contributed by atoms with Crippen molar-refractivity contribution in [2.45, 2.75) is 20.0 Å². The topological polar surface area (TPSA) is 104 Å². The van der Waals surface area contributed by atoms with E-state index in [0.717, 1.165) is 6.20 Å². The summed E-state index contributed by atoms with van der Waals surface area (Å²) in [5.41, 5.74) is 0.396. The van der Waals surface area contributed by atoms with Crippen molar-refractivity contribution in [1.29, 1.82) is 0 Å². The van der Waals surface area contributed by atoms with Gasteiger partial charge in [0, 0.05) is 12.5 Å². The van der Waals surface area contributed by atoms with Crippen molar-refractivity contribution >= 4 is 17.6 Å². The molecule has 1 N–H and O–H groups in total. The minimum absolute atomic E-state index is 0.0635. The minimum Gasteiger partial charge on any atom is -0.462 e. The fourth-order valence-corrected chi connectivity index (χ4v) is 3.43. The molecular weight excluding hydrogens is 465 g/mol. The van der Waals surface area contributed by atoms with Gasteiger partial charge in [0.1, 0.15) is 11.3 Å². The van der Waals surface area contributed by atoms with Crippen molar-refractivity contribution in [1.82, 2.24) is 24.8 Å². The van der Waals surface area contributed by atoms with Crippen molar-refractivity contribution in [3.63, 3.8) is 0 Å². The van der Waals surface area contributed by atoms with Crippen LogP contribution in [0.3, 0.4) is 0 Å². The highest BCUT2D eigenvalue weighted by Gasteiger charge is 2.41. The highest BCUT2D eigenvalue weighted by Crippen LogP contribution is 2.34. The molecule has 2 heterocycles. The average Bonchev–Trinajstić information content (AvgIpc) is 3.47. The maximum Gasteiger partial charge on any atom is 0.434 e. The highest BCUT2D eigenvalue weighted by atomic mass is 19.4. The number of benzene rings is 2. The van der Waals surface area contributed by atoms with E-state index in [4.69, 9.17) is 4.74 Å². The second-order valence-electron chi connectivity index (χ2n) is 7.33. The molecule has 0 fully saturated rings. The van der Waals surface area contributed by atoms with Crippen LogP contribution < -0.4 is 5.32 Å². The van der Waals surface area contributed by atoms with Crippen molar-refractivity contribution in [3.05, 3.63) is 72.2 Å². The van der Waals surface area contributed by atoms with E-state index < -0.39 is 23.4 Å². The molecule has 4 rings (SSSR count). The Morgan fingerprint density at radius 1 is 1.09 bits per heavy atom. The van der Waals surface area contributed by atoms with Crippen LogP contribution >= 0.6 is 0 Å². The first-order valence-corrected chi connectivity index (χ1v) is 10.4. The number of aromatic nitrogens is 5. The first-order valence-electron chi connectivity index (χ1n) is 10.4. The van der Waals surface area contributed by atoms with Gasteiger partial charge in [0.15, 0.2) is 5.69 Å². The van der Waals surface area contributed by atoms with Gasteiger partial charge in [0.05, 0.1) is 36.1 Å². The van der Waals surface area contributed by atoms with Crippen LogP contribution in [0.5, 0.6) is 0 Å². The number of carbonyl (C=O) groups excluding carboxylic acids is 2. The number of carbonyl (C=O) groups is 2. The summed E-state index contributed by atoms with van der Waals surface area (Å²) >= 11 is 0. The summed E-state index contributed by atoms with van der Waals surface area (Å²) in [6.45, 7) is 2.83. The van der Waals surface area contributed by atoms with E-state index in [0.29, 0.717) is 27.3 Å². The molecule has 180 valence electrons. The summed E-state index contributed by atoms with van der Waals surface area (Å²) in [7, 11) is 0. The van der Waals surface area contributed by atoms with E-state index in [1.165, 1.54) is 30.7 Å². The number of nitrogens with one attached hydrogen (secondary N) is 1. The molecule has 1 amide bonds. The third-order valence-electron chi connectivity index (χ3n) is 4.90. The molecule has 9 nitrogen and oxygen atoms in total. The molecule has 35 heavy (non-hydrogen) atoms. The number of esters is 1. The number of hydrogen-bond donors (Lipinski definition) is 1. The summed E-state index contributed by atoms with van der Waals surface area (Å²) in [6.07, 6.45) is -2.36. The molecule has 12 heteroatoms. The lowest BCUT2D eigenvalue weighted by atomic mass is 10.1. The number of para-hydroxylation sites is 2. The fourth-order valence-electron chi connectivity index (χ4n) is 3.43. The van der Waals surface area contributed by atoms with Crippen LogP contribution in [-0.2, 0) is 15.7 Å². The van der Waals surface area contributed by atoms with Gasteiger partial charge >= 0.3 is 12.1 Å². The largest absolute Gasteiger partial charge is 0.462 e. The quantitative estimate of drug-likeness (QED) is 0.410. The number of alkyl halides is 3. The number of halogens is 3. The number of ether oxygens (including phenoxy) is 1. The van der Waals surface area contributed by atoms with Crippen LogP contribution in [0.1, 0.15) is 29.9 Å². The van der Waals surface area contributed by atoms with Crippen LogP contribution in [0.25, 0.3) is 22.6 Å². The van der Waals surface area contributed by atoms with Crippen molar-refractivity contribution in [2.24, 2.45) is 0 Å². The van der Waals surface area contributed by atoms with Crippen molar-refractivity contribution < 1.29 is 27.5 Å². The average molecular weight is 484 g/mol. The molecule has 2 aromatic heterocycles. The zero-order valence-corrected chi connectivity index (χ0v) is 18.6. The van der Waals surface area contributed by atoms with Crippen LogP contribution in [0.15, 0.2) is 60.9 Å². The third-order valence-corrected chi connectivity index (χ3v) is 4.90. The number of anilines is 1. The molecular formula is C23H19F3N6O3. The van der Waals surface area contributed by atoms with Gasteiger partial charge in [-0.2, -0.15) is 18.3 Å². The molecule has 0 aliphatic rings. The molecule has 0 saturated carbocycles. The summed E-state index contributed by atoms with van der Waals surface area (Å²) in [5.74, 6) is -1.34. The second-order valence-corrected chi connectivity index (χ2v) is 7.33. The van der Waals surface area contributed by atoms with Gasteiger partial charge in [0.25, 0.3) is 0 Å². The second kappa shape index (κ2) is 9.41. The van der Waals surface area contributed by atoms with Crippen molar-refractivity contribution in [2.75, 3.05) is 11.9 Å². The molecule has 0 aliphatic carbocycles. The highest BCUT2D eigenvalue weighted by molar-refractivity contribution is 5.91. The zero-order chi connectivity index (χ0) is 25.2. The van der Waals surface area contributed by atoms with Gasteiger partial charge < -0.3 is 10.1 Å². The number of nitrogens with zero attached hydrogens (tertiary/aromatic N) is 5. The maximum atomic E-state index is 13.7. The van der Waals surface area contributed by atoms with E-state index in [2.05, 4.69) is 20.7 Å². The zero-order valence-electron chi connectivity index (χ0n) is 18.6. The molecule has 0 bridgehead atoms. The first kappa shape index (κ1) is 23.7. The van der Waals surface area contributed by atoms with E-state index in [-0.39, 0.29) is 18.2 Å². The van der Waals surface area contributed by atoms with Gasteiger partial charge in [-0.15, -0.1) is 5.10 Å². The van der Waals surface area contributed by atoms with Gasteiger partial charge in [-0.1, -0.05) is 29.5 Å². The van der Waals surface area contributed by atoms with E-state index >= 15 is 0 Å². The van der Waals surface area contributed by atoms with Crippen molar-refractivity contribution in [3.8, 4) is 22.6 Å². The molecule has 0 aliphatic heterocycles. The predicted molar refractivity (Wildman–Crippen MR) is 119 cm³/mol. The SMILES string of the molecule is CCOC(=O)c1cnn(-c2ccc(-c3cn(-c4ccccc4NC(C)=O)nn3)cc2)c1C(F)(F)F. The first-order chi connectivity index (χ1) is 16.7. The Bertz CT molecular complexity index is 1380. The van der Waals surface area contributed by atoms with E-state index in [1.54, 1.807) is 42.6 Å². The standard InChI is InChI=1S/C23H19F3N6O3/c1-3-35-22(34)17-12-27-32(21(17)23(24,25)26)16-10-8-15(9-11-16)19-13-31(30-29-19)20-7-5-4-6-18(20)28-14(2)33/h4-13H,3H2,1-2H3,(H,28,33). The summed E-state index contributed by atoms with van der Waals surface area (Å²) in [6, 6.07) is 13.0. The fraction of sp³-hybridized carbons (Fsp3) is 0.174. The van der Waals surface area contributed by atoms with Gasteiger partial charge in [-0.25, -0.2) is 14.2 Å². The Kier molecular flexibility index (Phi) is 6.36. The Hall–Kier alpha value is -4.48. The van der Waals surface area contributed by atoms with Crippen LogP contribution in [0.4, 0.5) is 18.9 Å². The van der Waals surface area contributed by atoms with E-state index in [1.807, 2.05) is 0 Å². The minimum atomic E-state index is -4.83. The van der Waals surface area contributed by atoms with Crippen LogP contribution in [0.2, 0.25) is 0 Å². The summed E-state index contributed by atoms with van der Waals surface area (Å²) in [5, 5.41) is 14.7.